The number of halogens is 3. The van der Waals surface area contributed by atoms with Crippen LogP contribution in [0.4, 0.5) is 13.2 Å². The number of methoxy groups -OCH3 is 1. The Kier molecular flexibility index (Phi) is 5.07. The van der Waals surface area contributed by atoms with Crippen molar-refractivity contribution in [3.63, 3.8) is 0 Å². The molecule has 0 bridgehead atoms. The molecule has 0 radical (unpaired) electrons. The Hall–Kier alpha value is -4.93. The van der Waals surface area contributed by atoms with Crippen LogP contribution in [-0.2, 0) is 6.18 Å². The van der Waals surface area contributed by atoms with E-state index < -0.39 is 17.3 Å². The zero-order chi connectivity index (χ0) is 25.7. The number of rotatable bonds is 4. The summed E-state index contributed by atoms with van der Waals surface area (Å²) in [4.78, 5) is 26.2. The number of aromatic nitrogens is 4. The van der Waals surface area contributed by atoms with Gasteiger partial charge in [-0.25, -0.2) is 4.98 Å². The van der Waals surface area contributed by atoms with Gasteiger partial charge in [0.1, 0.15) is 16.8 Å². The van der Waals surface area contributed by atoms with Crippen LogP contribution in [0.2, 0.25) is 0 Å². The van der Waals surface area contributed by atoms with Gasteiger partial charge in [-0.2, -0.15) is 18.2 Å². The monoisotopic (exact) mass is 504 g/mol. The molecule has 6 rings (SSSR count). The molecule has 37 heavy (non-hydrogen) atoms. The third kappa shape index (κ3) is 3.90. The highest BCUT2D eigenvalue weighted by atomic mass is 19.4. The molecule has 0 aliphatic heterocycles. The molecule has 0 saturated heterocycles. The van der Waals surface area contributed by atoms with Crippen LogP contribution in [0.1, 0.15) is 5.56 Å². The number of alkyl halides is 3. The van der Waals surface area contributed by atoms with Crippen LogP contribution in [-0.4, -0.2) is 26.6 Å². The minimum absolute atomic E-state index is 0.0188. The number of hydrogen-bond acceptors (Lipinski definition) is 7. The zero-order valence-corrected chi connectivity index (χ0v) is 19.0. The number of pyridine rings is 2. The van der Waals surface area contributed by atoms with Crippen LogP contribution in [0, 0.1) is 0 Å². The van der Waals surface area contributed by atoms with Gasteiger partial charge in [0.2, 0.25) is 0 Å². The lowest BCUT2D eigenvalue weighted by molar-refractivity contribution is -0.137. The molecular weight excluding hydrogens is 489 g/mol. The van der Waals surface area contributed by atoms with Gasteiger partial charge in [0.15, 0.2) is 17.2 Å². The van der Waals surface area contributed by atoms with Gasteiger partial charge in [0, 0.05) is 29.4 Å². The van der Waals surface area contributed by atoms with Crippen LogP contribution < -0.4 is 10.3 Å². The summed E-state index contributed by atoms with van der Waals surface area (Å²) in [5.74, 6) is 0.311. The van der Waals surface area contributed by atoms with Crippen LogP contribution >= 0.6 is 0 Å². The molecule has 0 aliphatic rings. The maximum Gasteiger partial charge on any atom is 0.416 e. The molecule has 0 unspecified atom stereocenters. The zero-order valence-electron chi connectivity index (χ0n) is 19.0. The van der Waals surface area contributed by atoms with Crippen LogP contribution in [0.15, 0.2) is 86.7 Å². The molecule has 0 atom stereocenters. The molecule has 6 aromatic rings. The molecule has 0 saturated carbocycles. The molecule has 184 valence electrons. The Morgan fingerprint density at radius 1 is 0.946 bits per heavy atom. The molecule has 8 nitrogen and oxygen atoms in total. The summed E-state index contributed by atoms with van der Waals surface area (Å²) in [5.41, 5.74) is -0.290. The Morgan fingerprint density at radius 2 is 1.78 bits per heavy atom. The normalized spacial score (nSPS) is 11.9. The van der Waals surface area contributed by atoms with Gasteiger partial charge >= 0.3 is 6.18 Å². The number of nitrogens with zero attached hydrogens (tertiary/aromatic N) is 4. The molecule has 0 N–H and O–H groups in total. The van der Waals surface area contributed by atoms with E-state index >= 15 is 0 Å². The van der Waals surface area contributed by atoms with Gasteiger partial charge in [-0.15, -0.1) is 0 Å². The van der Waals surface area contributed by atoms with Gasteiger partial charge in [-0.1, -0.05) is 18.2 Å². The molecular formula is C26H15F3N4O4. The molecule has 0 aliphatic carbocycles. The van der Waals surface area contributed by atoms with E-state index in [4.69, 9.17) is 13.6 Å². The molecule has 0 fully saturated rings. The highest BCUT2D eigenvalue weighted by molar-refractivity contribution is 5.79. The first-order valence-electron chi connectivity index (χ1n) is 10.9. The number of oxazole rings is 2. The fourth-order valence-electron chi connectivity index (χ4n) is 3.95. The van der Waals surface area contributed by atoms with Crippen molar-refractivity contribution in [2.45, 2.75) is 6.18 Å². The fourth-order valence-corrected chi connectivity index (χ4v) is 3.95. The van der Waals surface area contributed by atoms with Gasteiger partial charge in [0.25, 0.3) is 17.3 Å². The van der Waals surface area contributed by atoms with Gasteiger partial charge in [-0.05, 0) is 36.4 Å². The highest BCUT2D eigenvalue weighted by Gasteiger charge is 2.31. The van der Waals surface area contributed by atoms with Crippen molar-refractivity contribution >= 4 is 22.0 Å². The van der Waals surface area contributed by atoms with E-state index in [0.29, 0.717) is 22.2 Å². The quantitative estimate of drug-likeness (QED) is 0.296. The third-order valence-electron chi connectivity index (χ3n) is 5.73. The second-order valence-electron chi connectivity index (χ2n) is 8.04. The average Bonchev–Trinajstić information content (AvgIpc) is 3.53. The molecule has 0 spiro atoms. The molecule has 2 aromatic carbocycles. The summed E-state index contributed by atoms with van der Waals surface area (Å²) < 4.78 is 58.4. The first-order chi connectivity index (χ1) is 17.8. The molecule has 4 aromatic heterocycles. The van der Waals surface area contributed by atoms with Crippen LogP contribution in [0.3, 0.4) is 0 Å². The van der Waals surface area contributed by atoms with Crippen molar-refractivity contribution in [3.05, 3.63) is 89.0 Å². The second kappa shape index (κ2) is 8.33. The Balaban J connectivity index is 1.58. The SMILES string of the molecule is COc1ccc2oc(-c3nc(-n4ccc5cccnc5c4=O)c(-c4cccc(C(F)(F)F)c4)o3)nc2c1. The Bertz CT molecular complexity index is 1850. The van der Waals surface area contributed by atoms with E-state index in [1.807, 2.05) is 0 Å². The predicted octanol–water partition coefficient (Wildman–Crippen LogP) is 5.88. The van der Waals surface area contributed by atoms with E-state index in [-0.39, 0.29) is 34.4 Å². The lowest BCUT2D eigenvalue weighted by Crippen LogP contribution is -2.19. The maximum absolute atomic E-state index is 13.5. The van der Waals surface area contributed by atoms with E-state index in [1.165, 1.54) is 36.2 Å². The second-order valence-corrected chi connectivity index (χ2v) is 8.04. The largest absolute Gasteiger partial charge is 0.497 e. The van der Waals surface area contributed by atoms with E-state index in [9.17, 15) is 18.0 Å². The Morgan fingerprint density at radius 3 is 2.59 bits per heavy atom. The number of benzene rings is 2. The summed E-state index contributed by atoms with van der Waals surface area (Å²) in [7, 11) is 1.51. The lowest BCUT2D eigenvalue weighted by atomic mass is 10.1. The van der Waals surface area contributed by atoms with E-state index in [2.05, 4.69) is 15.0 Å². The number of ether oxygens (including phenoxy) is 1. The minimum Gasteiger partial charge on any atom is -0.497 e. The van der Waals surface area contributed by atoms with Crippen molar-refractivity contribution in [2.24, 2.45) is 0 Å². The molecule has 0 amide bonds. The summed E-state index contributed by atoms with van der Waals surface area (Å²) in [6.07, 6.45) is -1.65. The van der Waals surface area contributed by atoms with Gasteiger partial charge in [0.05, 0.1) is 12.7 Å². The summed E-state index contributed by atoms with van der Waals surface area (Å²) in [6, 6.07) is 14.6. The number of fused-ring (bicyclic) bond motifs is 2. The first kappa shape index (κ1) is 22.5. The highest BCUT2D eigenvalue weighted by Crippen LogP contribution is 2.36. The Labute approximate surface area is 205 Å². The minimum atomic E-state index is -4.58. The van der Waals surface area contributed by atoms with Crippen molar-refractivity contribution in [3.8, 4) is 34.7 Å². The van der Waals surface area contributed by atoms with Gasteiger partial charge < -0.3 is 13.6 Å². The fraction of sp³-hybridized carbons (Fsp3) is 0.0769. The lowest BCUT2D eigenvalue weighted by Gasteiger charge is -2.09. The predicted molar refractivity (Wildman–Crippen MR) is 127 cm³/mol. The molecule has 11 heteroatoms. The summed E-state index contributed by atoms with van der Waals surface area (Å²) >= 11 is 0. The van der Waals surface area contributed by atoms with Crippen molar-refractivity contribution in [1.82, 2.24) is 19.5 Å². The number of hydrogen-bond donors (Lipinski definition) is 0. The van der Waals surface area contributed by atoms with Crippen molar-refractivity contribution in [1.29, 1.82) is 0 Å². The smallest absolute Gasteiger partial charge is 0.416 e. The molecule has 4 heterocycles. The van der Waals surface area contributed by atoms with Crippen molar-refractivity contribution < 1.29 is 26.7 Å². The van der Waals surface area contributed by atoms with Crippen LogP contribution in [0.5, 0.6) is 5.75 Å². The third-order valence-corrected chi connectivity index (χ3v) is 5.73. The topological polar surface area (TPSA) is 96.2 Å². The average molecular weight is 504 g/mol. The maximum atomic E-state index is 13.5. The van der Waals surface area contributed by atoms with E-state index in [1.54, 1.807) is 36.4 Å². The van der Waals surface area contributed by atoms with Gasteiger partial charge in [-0.3, -0.25) is 14.3 Å². The standard InChI is InChI=1S/C26H15F3N4O4/c1-35-17-7-8-19-18(13-17)31-23(36-19)24-32-22(33-11-9-14-5-3-10-30-20(14)25(33)34)21(37-24)15-4-2-6-16(12-15)26(27,28)29/h2-13H,1H3. The first-order valence-corrected chi connectivity index (χ1v) is 10.9. The summed E-state index contributed by atoms with van der Waals surface area (Å²) in [5, 5.41) is 0.598. The van der Waals surface area contributed by atoms with Crippen LogP contribution in [0.25, 0.3) is 50.9 Å². The summed E-state index contributed by atoms with van der Waals surface area (Å²) in [6.45, 7) is 0. The van der Waals surface area contributed by atoms with E-state index in [0.717, 1.165) is 12.1 Å². The van der Waals surface area contributed by atoms with Crippen molar-refractivity contribution in [2.75, 3.05) is 7.11 Å².